The van der Waals surface area contributed by atoms with Crippen LogP contribution in [0.25, 0.3) is 5.76 Å². The lowest BCUT2D eigenvalue weighted by Crippen LogP contribution is -2.29. The predicted octanol–water partition coefficient (Wildman–Crippen LogP) is 4.71. The van der Waals surface area contributed by atoms with Gasteiger partial charge in [-0.25, -0.2) is 0 Å². The fraction of sp³-hybridized carbons (Fsp3) is 0.154. The van der Waals surface area contributed by atoms with E-state index in [0.717, 1.165) is 11.1 Å². The van der Waals surface area contributed by atoms with Crippen LogP contribution in [0.5, 0.6) is 5.75 Å². The van der Waals surface area contributed by atoms with Crippen molar-refractivity contribution < 1.29 is 19.4 Å². The fourth-order valence-corrected chi connectivity index (χ4v) is 3.86. The van der Waals surface area contributed by atoms with E-state index in [4.69, 9.17) is 4.74 Å². The maximum absolute atomic E-state index is 13.1. The third-order valence-electron chi connectivity index (χ3n) is 5.27. The number of ketones is 1. The van der Waals surface area contributed by atoms with Gasteiger partial charge < -0.3 is 14.7 Å². The number of carbonyl (C=O) groups excluding carboxylic acids is 2. The Morgan fingerprint density at radius 1 is 0.935 bits per heavy atom. The molecule has 3 aromatic rings. The van der Waals surface area contributed by atoms with Crippen molar-refractivity contribution in [1.82, 2.24) is 4.90 Å². The zero-order chi connectivity index (χ0) is 21.8. The molecule has 1 unspecified atom stereocenters. The molecule has 1 aliphatic heterocycles. The third-order valence-corrected chi connectivity index (χ3v) is 5.27. The molecular weight excluding hydrogens is 390 g/mol. The summed E-state index contributed by atoms with van der Waals surface area (Å²) in [6.45, 7) is 2.62. The van der Waals surface area contributed by atoms with E-state index >= 15 is 0 Å². The first-order valence-electron chi connectivity index (χ1n) is 10.2. The highest BCUT2D eigenvalue weighted by molar-refractivity contribution is 6.46. The summed E-state index contributed by atoms with van der Waals surface area (Å²) in [5.41, 5.74) is 2.19. The Bertz CT molecular complexity index is 1120. The number of hydrogen-bond donors (Lipinski definition) is 1. The van der Waals surface area contributed by atoms with Gasteiger partial charge in [-0.05, 0) is 30.2 Å². The minimum atomic E-state index is -0.691. The van der Waals surface area contributed by atoms with Gasteiger partial charge in [0.2, 0.25) is 0 Å². The maximum Gasteiger partial charge on any atom is 0.295 e. The van der Waals surface area contributed by atoms with Gasteiger partial charge in [0, 0.05) is 12.1 Å². The van der Waals surface area contributed by atoms with Gasteiger partial charge in [0.1, 0.15) is 11.5 Å². The van der Waals surface area contributed by atoms with Crippen molar-refractivity contribution in [1.29, 1.82) is 0 Å². The van der Waals surface area contributed by atoms with E-state index in [1.165, 1.54) is 4.90 Å². The van der Waals surface area contributed by atoms with Gasteiger partial charge in [-0.1, -0.05) is 72.8 Å². The first kappa shape index (κ1) is 20.4. The summed E-state index contributed by atoms with van der Waals surface area (Å²) >= 11 is 0. The summed E-state index contributed by atoms with van der Waals surface area (Å²) in [6, 6.07) is 25.0. The molecule has 0 bridgehead atoms. The summed E-state index contributed by atoms with van der Waals surface area (Å²) in [5, 5.41) is 11.1. The molecule has 1 N–H and O–H groups in total. The Hall–Kier alpha value is -3.86. The molecule has 1 aliphatic rings. The SMILES string of the molecule is CCOc1cccc(C(O)=C2C(=O)C(=O)N(Cc3ccccc3)C2c2ccccc2)c1. The van der Waals surface area contributed by atoms with Crippen molar-refractivity contribution in [3.63, 3.8) is 0 Å². The fourth-order valence-electron chi connectivity index (χ4n) is 3.86. The predicted molar refractivity (Wildman–Crippen MR) is 118 cm³/mol. The van der Waals surface area contributed by atoms with Crippen LogP contribution in [-0.2, 0) is 16.1 Å². The molecule has 0 radical (unpaired) electrons. The minimum absolute atomic E-state index is 0.0841. The lowest BCUT2D eigenvalue weighted by molar-refractivity contribution is -0.140. The van der Waals surface area contributed by atoms with Crippen LogP contribution in [0, 0.1) is 0 Å². The number of nitrogens with zero attached hydrogens (tertiary/aromatic N) is 1. The number of amides is 1. The van der Waals surface area contributed by atoms with Crippen molar-refractivity contribution in [2.45, 2.75) is 19.5 Å². The number of rotatable bonds is 6. The quantitative estimate of drug-likeness (QED) is 0.361. The molecule has 1 heterocycles. The van der Waals surface area contributed by atoms with E-state index in [-0.39, 0.29) is 17.9 Å². The molecule has 5 heteroatoms. The second-order valence-corrected chi connectivity index (χ2v) is 7.28. The third kappa shape index (κ3) is 4.08. The van der Waals surface area contributed by atoms with Crippen molar-refractivity contribution in [2.75, 3.05) is 6.61 Å². The molecule has 3 aromatic carbocycles. The standard InChI is InChI=1S/C26H23NO4/c1-2-31-21-15-9-14-20(16-21)24(28)22-23(19-12-7-4-8-13-19)27(26(30)25(22)29)17-18-10-5-3-6-11-18/h3-16,23,28H,2,17H2,1H3. The van der Waals surface area contributed by atoms with Gasteiger partial charge in [-0.2, -0.15) is 0 Å². The molecule has 0 spiro atoms. The van der Waals surface area contributed by atoms with E-state index < -0.39 is 17.7 Å². The number of benzene rings is 3. The zero-order valence-electron chi connectivity index (χ0n) is 17.2. The van der Waals surface area contributed by atoms with Crippen LogP contribution in [0.3, 0.4) is 0 Å². The van der Waals surface area contributed by atoms with Crippen molar-refractivity contribution in [3.05, 3.63) is 107 Å². The summed E-state index contributed by atoms with van der Waals surface area (Å²) in [6.07, 6.45) is 0. The number of carbonyl (C=O) groups is 2. The van der Waals surface area contributed by atoms with Crippen molar-refractivity contribution in [2.24, 2.45) is 0 Å². The average Bonchev–Trinajstić information content (AvgIpc) is 3.05. The topological polar surface area (TPSA) is 66.8 Å². The van der Waals surface area contributed by atoms with Gasteiger partial charge in [-0.15, -0.1) is 0 Å². The van der Waals surface area contributed by atoms with Crippen LogP contribution in [0.2, 0.25) is 0 Å². The van der Waals surface area contributed by atoms with E-state index in [1.54, 1.807) is 24.3 Å². The molecule has 4 rings (SSSR count). The monoisotopic (exact) mass is 413 g/mol. The van der Waals surface area contributed by atoms with Gasteiger partial charge >= 0.3 is 0 Å². The number of aliphatic hydroxyl groups is 1. The van der Waals surface area contributed by atoms with E-state index in [9.17, 15) is 14.7 Å². The number of likely N-dealkylation sites (tertiary alicyclic amines) is 1. The number of Topliss-reactive ketones (excluding diaryl/α,β-unsaturated/α-hetero) is 1. The summed E-state index contributed by atoms with van der Waals surface area (Å²) < 4.78 is 5.52. The molecule has 31 heavy (non-hydrogen) atoms. The van der Waals surface area contributed by atoms with E-state index in [2.05, 4.69) is 0 Å². The molecule has 0 aromatic heterocycles. The molecule has 1 saturated heterocycles. The average molecular weight is 413 g/mol. The molecule has 0 saturated carbocycles. The van der Waals surface area contributed by atoms with E-state index in [1.807, 2.05) is 67.6 Å². The summed E-state index contributed by atoms with van der Waals surface area (Å²) in [4.78, 5) is 27.6. The highest BCUT2D eigenvalue weighted by atomic mass is 16.5. The molecule has 0 aliphatic carbocycles. The van der Waals surface area contributed by atoms with Gasteiger partial charge in [0.05, 0.1) is 18.2 Å². The highest BCUT2D eigenvalue weighted by Crippen LogP contribution is 2.40. The second kappa shape index (κ2) is 8.88. The zero-order valence-corrected chi connectivity index (χ0v) is 17.2. The number of ether oxygens (including phenoxy) is 1. The highest BCUT2D eigenvalue weighted by Gasteiger charge is 2.46. The molecule has 156 valence electrons. The van der Waals surface area contributed by atoms with Crippen LogP contribution in [0.15, 0.2) is 90.5 Å². The maximum atomic E-state index is 13.1. The smallest absolute Gasteiger partial charge is 0.295 e. The van der Waals surface area contributed by atoms with Gasteiger partial charge in [0.15, 0.2) is 0 Å². The van der Waals surface area contributed by atoms with Crippen LogP contribution in [0.1, 0.15) is 29.7 Å². The number of aliphatic hydroxyl groups excluding tert-OH is 1. The largest absolute Gasteiger partial charge is 0.507 e. The normalized spacial score (nSPS) is 17.7. The molecular formula is C26H23NO4. The lowest BCUT2D eigenvalue weighted by Gasteiger charge is -2.25. The van der Waals surface area contributed by atoms with Crippen LogP contribution in [-0.4, -0.2) is 28.3 Å². The Labute approximate surface area is 181 Å². The lowest BCUT2D eigenvalue weighted by atomic mass is 9.95. The summed E-state index contributed by atoms with van der Waals surface area (Å²) in [7, 11) is 0. The molecule has 1 amide bonds. The first-order chi connectivity index (χ1) is 15.1. The second-order valence-electron chi connectivity index (χ2n) is 7.28. The van der Waals surface area contributed by atoms with Crippen LogP contribution < -0.4 is 4.74 Å². The molecule has 1 atom stereocenters. The molecule has 1 fully saturated rings. The van der Waals surface area contributed by atoms with Crippen molar-refractivity contribution in [3.8, 4) is 5.75 Å². The van der Waals surface area contributed by atoms with Gasteiger partial charge in [0.25, 0.3) is 11.7 Å². The van der Waals surface area contributed by atoms with Gasteiger partial charge in [-0.3, -0.25) is 9.59 Å². The number of hydrogen-bond acceptors (Lipinski definition) is 4. The van der Waals surface area contributed by atoms with Crippen LogP contribution in [0.4, 0.5) is 0 Å². The van der Waals surface area contributed by atoms with Crippen LogP contribution >= 0.6 is 0 Å². The Kier molecular flexibility index (Phi) is 5.85. The minimum Gasteiger partial charge on any atom is -0.507 e. The Morgan fingerprint density at radius 3 is 2.29 bits per heavy atom. The Balaban J connectivity index is 1.83. The Morgan fingerprint density at radius 2 is 1.61 bits per heavy atom. The van der Waals surface area contributed by atoms with Crippen molar-refractivity contribution >= 4 is 17.4 Å². The molecule has 5 nitrogen and oxygen atoms in total. The summed E-state index contributed by atoms with van der Waals surface area (Å²) in [5.74, 6) is -0.935. The first-order valence-corrected chi connectivity index (χ1v) is 10.2. The van der Waals surface area contributed by atoms with E-state index in [0.29, 0.717) is 17.9 Å².